The quantitative estimate of drug-likeness (QED) is 0.758. The summed E-state index contributed by atoms with van der Waals surface area (Å²) in [6.07, 6.45) is 0. The van der Waals surface area contributed by atoms with Crippen molar-refractivity contribution in [2.24, 2.45) is 0 Å². The number of benzene rings is 2. The van der Waals surface area contributed by atoms with Crippen LogP contribution in [0.1, 0.15) is 22.8 Å². The first-order chi connectivity index (χ1) is 14.1. The molecular weight excluding hydrogens is 370 g/mol. The highest BCUT2D eigenvalue weighted by Crippen LogP contribution is 2.32. The van der Waals surface area contributed by atoms with E-state index in [1.54, 1.807) is 24.3 Å². The molecule has 1 N–H and O–H groups in total. The molecule has 1 amide bonds. The molecule has 2 aromatic rings. The van der Waals surface area contributed by atoms with Crippen LogP contribution in [-0.4, -0.2) is 61.0 Å². The first-order valence-corrected chi connectivity index (χ1v) is 9.81. The number of rotatable bonds is 6. The molecule has 29 heavy (non-hydrogen) atoms. The average molecular weight is 395 g/mol. The van der Waals surface area contributed by atoms with Crippen LogP contribution in [0.25, 0.3) is 0 Å². The Bertz CT molecular complexity index is 907. The summed E-state index contributed by atoms with van der Waals surface area (Å²) in [5.41, 5.74) is 2.45. The van der Waals surface area contributed by atoms with E-state index in [0.29, 0.717) is 24.6 Å². The maximum absolute atomic E-state index is 12.4. The van der Waals surface area contributed by atoms with Crippen LogP contribution < -0.4 is 14.8 Å². The lowest BCUT2D eigenvalue weighted by molar-refractivity contribution is -0.117. The predicted octanol–water partition coefficient (Wildman–Crippen LogP) is 2.37. The Morgan fingerprint density at radius 2 is 1.72 bits per heavy atom. The molecule has 0 aliphatic carbocycles. The number of hydrogen-bond donors (Lipinski definition) is 1. The first kappa shape index (κ1) is 19.4. The van der Waals surface area contributed by atoms with E-state index >= 15 is 0 Å². The molecule has 0 saturated carbocycles. The molecule has 0 unspecified atom stereocenters. The average Bonchev–Trinajstić information content (AvgIpc) is 3.17. The zero-order valence-electron chi connectivity index (χ0n) is 16.5. The summed E-state index contributed by atoms with van der Waals surface area (Å²) in [5, 5.41) is 2.89. The first-order valence-electron chi connectivity index (χ1n) is 9.81. The third-order valence-corrected chi connectivity index (χ3v) is 5.23. The number of nitrogens with zero attached hydrogens (tertiary/aromatic N) is 2. The van der Waals surface area contributed by atoms with Crippen LogP contribution in [0.5, 0.6) is 11.5 Å². The highest BCUT2D eigenvalue weighted by molar-refractivity contribution is 5.97. The molecule has 1 fully saturated rings. The zero-order valence-corrected chi connectivity index (χ0v) is 16.5. The number of anilines is 1. The van der Waals surface area contributed by atoms with Crippen LogP contribution in [0.3, 0.4) is 0 Å². The van der Waals surface area contributed by atoms with Crippen molar-refractivity contribution in [1.29, 1.82) is 0 Å². The van der Waals surface area contributed by atoms with Crippen molar-refractivity contribution in [3.05, 3.63) is 53.6 Å². The highest BCUT2D eigenvalue weighted by Gasteiger charge is 2.20. The second-order valence-electron chi connectivity index (χ2n) is 7.43. The van der Waals surface area contributed by atoms with Gasteiger partial charge in [0.15, 0.2) is 17.3 Å². The largest absolute Gasteiger partial charge is 0.454 e. The van der Waals surface area contributed by atoms with E-state index in [4.69, 9.17) is 9.47 Å². The number of Topliss-reactive ketones (excluding diaryl/α,β-unsaturated/α-hetero) is 1. The third kappa shape index (κ3) is 4.93. The van der Waals surface area contributed by atoms with Gasteiger partial charge in [0.05, 0.1) is 6.54 Å². The van der Waals surface area contributed by atoms with Gasteiger partial charge in [0, 0.05) is 44.0 Å². The van der Waals surface area contributed by atoms with Gasteiger partial charge in [0.2, 0.25) is 12.7 Å². The molecule has 7 nitrogen and oxygen atoms in total. The molecule has 0 radical (unpaired) electrons. The zero-order chi connectivity index (χ0) is 20.2. The molecule has 0 aromatic heterocycles. The summed E-state index contributed by atoms with van der Waals surface area (Å²) in [4.78, 5) is 28.4. The molecule has 7 heteroatoms. The molecule has 2 heterocycles. The minimum Gasteiger partial charge on any atom is -0.454 e. The van der Waals surface area contributed by atoms with Crippen molar-refractivity contribution in [2.75, 3.05) is 44.8 Å². The summed E-state index contributed by atoms with van der Waals surface area (Å²) < 4.78 is 10.8. The molecule has 2 aliphatic heterocycles. The molecule has 0 atom stereocenters. The van der Waals surface area contributed by atoms with E-state index in [1.165, 1.54) is 12.5 Å². The van der Waals surface area contributed by atoms with Gasteiger partial charge in [-0.25, -0.2) is 0 Å². The normalized spacial score (nSPS) is 16.6. The van der Waals surface area contributed by atoms with Gasteiger partial charge in [0.25, 0.3) is 0 Å². The van der Waals surface area contributed by atoms with Gasteiger partial charge in [-0.05, 0) is 36.8 Å². The van der Waals surface area contributed by atoms with Crippen LogP contribution in [0.2, 0.25) is 0 Å². The summed E-state index contributed by atoms with van der Waals surface area (Å²) in [5.74, 6) is 1.54. The Morgan fingerprint density at radius 3 is 2.52 bits per heavy atom. The van der Waals surface area contributed by atoms with Gasteiger partial charge >= 0.3 is 0 Å². The van der Waals surface area contributed by atoms with E-state index in [0.717, 1.165) is 44.2 Å². The molecule has 2 aliphatic rings. The van der Waals surface area contributed by atoms with Crippen molar-refractivity contribution in [3.8, 4) is 11.5 Å². The molecule has 4 rings (SSSR count). The molecule has 2 aromatic carbocycles. The number of ether oxygens (including phenoxy) is 2. The highest BCUT2D eigenvalue weighted by atomic mass is 16.7. The Morgan fingerprint density at radius 1 is 0.966 bits per heavy atom. The van der Waals surface area contributed by atoms with E-state index in [-0.39, 0.29) is 11.7 Å². The van der Waals surface area contributed by atoms with E-state index in [9.17, 15) is 9.59 Å². The van der Waals surface area contributed by atoms with Crippen LogP contribution >= 0.6 is 0 Å². The van der Waals surface area contributed by atoms with E-state index in [2.05, 4.69) is 21.2 Å². The van der Waals surface area contributed by atoms with Gasteiger partial charge in [-0.1, -0.05) is 18.2 Å². The molecule has 0 bridgehead atoms. The van der Waals surface area contributed by atoms with Crippen LogP contribution in [0.15, 0.2) is 42.5 Å². The van der Waals surface area contributed by atoms with Crippen molar-refractivity contribution in [1.82, 2.24) is 9.80 Å². The monoisotopic (exact) mass is 395 g/mol. The van der Waals surface area contributed by atoms with Gasteiger partial charge < -0.3 is 14.8 Å². The third-order valence-electron chi connectivity index (χ3n) is 5.23. The Balaban J connectivity index is 1.24. The SMILES string of the molecule is CC(=O)c1cccc(NC(=O)CN2CCN(Cc3ccc4c(c3)OCO4)CC2)c1. The van der Waals surface area contributed by atoms with Crippen LogP contribution in [0, 0.1) is 0 Å². The fourth-order valence-electron chi connectivity index (χ4n) is 3.62. The summed E-state index contributed by atoms with van der Waals surface area (Å²) >= 11 is 0. The molecule has 1 saturated heterocycles. The van der Waals surface area contributed by atoms with Gasteiger partial charge in [-0.3, -0.25) is 19.4 Å². The number of carbonyl (C=O) groups excluding carboxylic acids is 2. The number of ketones is 1. The lowest BCUT2D eigenvalue weighted by atomic mass is 10.1. The Hall–Kier alpha value is -2.90. The number of amides is 1. The fourth-order valence-corrected chi connectivity index (χ4v) is 3.62. The van der Waals surface area contributed by atoms with Gasteiger partial charge in [0.1, 0.15) is 0 Å². The number of carbonyl (C=O) groups is 2. The topological polar surface area (TPSA) is 71.1 Å². The number of fused-ring (bicyclic) bond motifs is 1. The number of hydrogen-bond acceptors (Lipinski definition) is 6. The fraction of sp³-hybridized carbons (Fsp3) is 0.364. The molecule has 152 valence electrons. The standard InChI is InChI=1S/C22H25N3O4/c1-16(26)18-3-2-4-19(12-18)23-22(27)14-25-9-7-24(8-10-25)13-17-5-6-20-21(11-17)29-15-28-20/h2-6,11-12H,7-10,13-15H2,1H3,(H,23,27). The van der Waals surface area contributed by atoms with E-state index in [1.807, 2.05) is 12.1 Å². The van der Waals surface area contributed by atoms with E-state index < -0.39 is 0 Å². The lowest BCUT2D eigenvalue weighted by Crippen LogP contribution is -2.48. The maximum atomic E-state index is 12.4. The minimum atomic E-state index is -0.0603. The summed E-state index contributed by atoms with van der Waals surface area (Å²) in [6, 6.07) is 13.1. The number of piperazine rings is 1. The second kappa shape index (κ2) is 8.63. The van der Waals surface area contributed by atoms with Crippen LogP contribution in [0.4, 0.5) is 5.69 Å². The van der Waals surface area contributed by atoms with Crippen molar-refractivity contribution in [2.45, 2.75) is 13.5 Å². The van der Waals surface area contributed by atoms with Gasteiger partial charge in [-0.2, -0.15) is 0 Å². The lowest BCUT2D eigenvalue weighted by Gasteiger charge is -2.34. The minimum absolute atomic E-state index is 0.0142. The van der Waals surface area contributed by atoms with Gasteiger partial charge in [-0.15, -0.1) is 0 Å². The van der Waals surface area contributed by atoms with Crippen molar-refractivity contribution >= 4 is 17.4 Å². The molecular formula is C22H25N3O4. The number of nitrogens with one attached hydrogen (secondary N) is 1. The second-order valence-corrected chi connectivity index (χ2v) is 7.43. The Labute approximate surface area is 170 Å². The smallest absolute Gasteiger partial charge is 0.238 e. The molecule has 0 spiro atoms. The predicted molar refractivity (Wildman–Crippen MR) is 109 cm³/mol. The summed E-state index contributed by atoms with van der Waals surface area (Å²) in [6.45, 7) is 6.50. The maximum Gasteiger partial charge on any atom is 0.238 e. The van der Waals surface area contributed by atoms with Crippen molar-refractivity contribution < 1.29 is 19.1 Å². The Kier molecular flexibility index (Phi) is 5.78. The summed E-state index contributed by atoms with van der Waals surface area (Å²) in [7, 11) is 0. The van der Waals surface area contributed by atoms with Crippen molar-refractivity contribution in [3.63, 3.8) is 0 Å². The van der Waals surface area contributed by atoms with Crippen LogP contribution in [-0.2, 0) is 11.3 Å².